The van der Waals surface area contributed by atoms with Gasteiger partial charge in [-0.2, -0.15) is 15.0 Å². The summed E-state index contributed by atoms with van der Waals surface area (Å²) in [6.07, 6.45) is 0. The van der Waals surface area contributed by atoms with Crippen LogP contribution in [0.3, 0.4) is 0 Å². The fraction of sp³-hybridized carbons (Fsp3) is 0.167. The molecule has 0 aliphatic carbocycles. The van der Waals surface area contributed by atoms with Crippen molar-refractivity contribution in [2.24, 2.45) is 7.05 Å². The number of benzene rings is 1. The maximum absolute atomic E-state index is 6.40. The Balaban J connectivity index is 2.45. The first-order valence-electron chi connectivity index (χ1n) is 5.21. The molecule has 0 aliphatic rings. The summed E-state index contributed by atoms with van der Waals surface area (Å²) < 4.78 is 0. The molecule has 17 heavy (non-hydrogen) atoms. The summed E-state index contributed by atoms with van der Waals surface area (Å²) in [5.74, 6) is 0. The molecule has 1 aromatic carbocycles. The first-order valence-corrected chi connectivity index (χ1v) is 6.46. The molecule has 0 fully saturated rings. The predicted octanol–water partition coefficient (Wildman–Crippen LogP) is 3.66. The Morgan fingerprint density at radius 1 is 1.35 bits per heavy atom. The van der Waals surface area contributed by atoms with Crippen LogP contribution in [-0.4, -0.2) is 15.0 Å². The Kier molecular flexibility index (Phi) is 2.42. The van der Waals surface area contributed by atoms with Gasteiger partial charge in [0.05, 0.1) is 5.02 Å². The van der Waals surface area contributed by atoms with Crippen molar-refractivity contribution in [2.45, 2.75) is 6.92 Å². The van der Waals surface area contributed by atoms with Crippen LogP contribution in [0.25, 0.3) is 21.5 Å². The molecule has 0 unspecified atom stereocenters. The summed E-state index contributed by atoms with van der Waals surface area (Å²) in [5.41, 5.74) is 3.77. The molecule has 0 amide bonds. The molecule has 86 valence electrons. The van der Waals surface area contributed by atoms with Gasteiger partial charge in [0.15, 0.2) is 0 Å². The average molecular weight is 264 g/mol. The molecule has 3 rings (SSSR count). The van der Waals surface area contributed by atoms with Crippen LogP contribution in [0.5, 0.6) is 0 Å². The van der Waals surface area contributed by atoms with Gasteiger partial charge in [-0.15, -0.1) is 11.3 Å². The van der Waals surface area contributed by atoms with Gasteiger partial charge in [-0.05, 0) is 30.0 Å². The van der Waals surface area contributed by atoms with E-state index in [9.17, 15) is 0 Å². The lowest BCUT2D eigenvalue weighted by atomic mass is 10.1. The van der Waals surface area contributed by atoms with Crippen LogP contribution in [0.4, 0.5) is 0 Å². The van der Waals surface area contributed by atoms with Crippen molar-refractivity contribution in [3.05, 3.63) is 34.2 Å². The van der Waals surface area contributed by atoms with E-state index in [0.29, 0.717) is 0 Å². The standard InChI is InChI=1S/C12H10ClN3S/c1-7-6-8-12(15-16(2)14-8)10(11(7)13)9-4-3-5-17-9/h3-6H,1-2H3. The first kappa shape index (κ1) is 10.7. The van der Waals surface area contributed by atoms with Crippen LogP contribution in [0, 0.1) is 6.92 Å². The van der Waals surface area contributed by atoms with Gasteiger partial charge >= 0.3 is 0 Å². The van der Waals surface area contributed by atoms with Crippen molar-refractivity contribution >= 4 is 34.0 Å². The third kappa shape index (κ3) is 1.64. The van der Waals surface area contributed by atoms with Gasteiger partial charge in [-0.25, -0.2) is 0 Å². The van der Waals surface area contributed by atoms with Crippen molar-refractivity contribution in [1.82, 2.24) is 15.0 Å². The molecule has 3 aromatic rings. The summed E-state index contributed by atoms with van der Waals surface area (Å²) in [7, 11) is 1.82. The Hall–Kier alpha value is -1.39. The van der Waals surface area contributed by atoms with E-state index in [0.717, 1.165) is 32.1 Å². The number of thiophene rings is 1. The van der Waals surface area contributed by atoms with Gasteiger partial charge in [-0.3, -0.25) is 0 Å². The zero-order chi connectivity index (χ0) is 12.0. The number of hydrogen-bond acceptors (Lipinski definition) is 3. The normalized spacial score (nSPS) is 11.2. The van der Waals surface area contributed by atoms with Crippen LogP contribution >= 0.6 is 22.9 Å². The summed E-state index contributed by atoms with van der Waals surface area (Å²) in [5, 5.41) is 11.5. The quantitative estimate of drug-likeness (QED) is 0.671. The van der Waals surface area contributed by atoms with E-state index in [1.54, 1.807) is 16.1 Å². The molecule has 0 bridgehead atoms. The number of hydrogen-bond donors (Lipinski definition) is 0. The molecule has 2 heterocycles. The molecule has 5 heteroatoms. The van der Waals surface area contributed by atoms with Crippen molar-refractivity contribution in [1.29, 1.82) is 0 Å². The van der Waals surface area contributed by atoms with Crippen molar-refractivity contribution in [3.8, 4) is 10.4 Å². The van der Waals surface area contributed by atoms with E-state index in [4.69, 9.17) is 11.6 Å². The van der Waals surface area contributed by atoms with Gasteiger partial charge in [0.1, 0.15) is 11.0 Å². The van der Waals surface area contributed by atoms with E-state index in [1.807, 2.05) is 31.5 Å². The molecule has 0 aliphatic heterocycles. The van der Waals surface area contributed by atoms with E-state index in [-0.39, 0.29) is 0 Å². The highest BCUT2D eigenvalue weighted by Gasteiger charge is 2.15. The molecule has 2 aromatic heterocycles. The minimum atomic E-state index is 0.764. The van der Waals surface area contributed by atoms with Gasteiger partial charge in [0.2, 0.25) is 0 Å². The van der Waals surface area contributed by atoms with Gasteiger partial charge in [0.25, 0.3) is 0 Å². The zero-order valence-corrected chi connectivity index (χ0v) is 11.0. The summed E-state index contributed by atoms with van der Waals surface area (Å²) in [4.78, 5) is 2.71. The smallest absolute Gasteiger partial charge is 0.123 e. The van der Waals surface area contributed by atoms with Crippen molar-refractivity contribution < 1.29 is 0 Å². The molecule has 0 atom stereocenters. The lowest BCUT2D eigenvalue weighted by Crippen LogP contribution is -1.90. The average Bonchev–Trinajstić information content (AvgIpc) is 2.89. The molecule has 3 nitrogen and oxygen atoms in total. The largest absolute Gasteiger partial charge is 0.187 e. The summed E-state index contributed by atoms with van der Waals surface area (Å²) >= 11 is 8.06. The number of rotatable bonds is 1. The van der Waals surface area contributed by atoms with Crippen LogP contribution < -0.4 is 0 Å². The van der Waals surface area contributed by atoms with Gasteiger partial charge in [-0.1, -0.05) is 17.7 Å². The van der Waals surface area contributed by atoms with Gasteiger partial charge in [0, 0.05) is 17.5 Å². The second kappa shape index (κ2) is 3.82. The Labute approximate surface area is 108 Å². The van der Waals surface area contributed by atoms with E-state index in [1.165, 1.54) is 0 Å². The highest BCUT2D eigenvalue weighted by molar-refractivity contribution is 7.13. The minimum Gasteiger partial charge on any atom is -0.187 e. The second-order valence-corrected chi connectivity index (χ2v) is 5.24. The number of halogens is 1. The number of aromatic nitrogens is 3. The molecular weight excluding hydrogens is 254 g/mol. The van der Waals surface area contributed by atoms with Crippen molar-refractivity contribution in [2.75, 3.05) is 0 Å². The molecular formula is C12H10ClN3S. The maximum atomic E-state index is 6.40. The molecule has 0 saturated heterocycles. The lowest BCUT2D eigenvalue weighted by molar-refractivity contribution is 0.665. The maximum Gasteiger partial charge on any atom is 0.123 e. The lowest BCUT2D eigenvalue weighted by Gasteiger charge is -2.05. The third-order valence-corrected chi connectivity index (χ3v) is 4.04. The Bertz CT molecular complexity index is 685. The summed E-state index contributed by atoms with van der Waals surface area (Å²) in [6, 6.07) is 6.04. The summed E-state index contributed by atoms with van der Waals surface area (Å²) in [6.45, 7) is 1.99. The minimum absolute atomic E-state index is 0.764. The molecule has 0 spiro atoms. The highest BCUT2D eigenvalue weighted by Crippen LogP contribution is 2.38. The van der Waals surface area contributed by atoms with Crippen LogP contribution in [0.1, 0.15) is 5.56 Å². The van der Waals surface area contributed by atoms with Gasteiger partial charge < -0.3 is 0 Å². The van der Waals surface area contributed by atoms with E-state index < -0.39 is 0 Å². The van der Waals surface area contributed by atoms with Crippen LogP contribution in [0.15, 0.2) is 23.6 Å². The molecule has 0 radical (unpaired) electrons. The third-order valence-electron chi connectivity index (χ3n) is 2.66. The second-order valence-electron chi connectivity index (χ2n) is 3.92. The number of aryl methyl sites for hydroxylation is 2. The molecule has 0 saturated carbocycles. The predicted molar refractivity (Wildman–Crippen MR) is 71.6 cm³/mol. The van der Waals surface area contributed by atoms with E-state index >= 15 is 0 Å². The highest BCUT2D eigenvalue weighted by atomic mass is 35.5. The van der Waals surface area contributed by atoms with Crippen LogP contribution in [-0.2, 0) is 7.05 Å². The first-order chi connectivity index (χ1) is 8.16. The fourth-order valence-corrected chi connectivity index (χ4v) is 2.99. The number of fused-ring (bicyclic) bond motifs is 1. The topological polar surface area (TPSA) is 30.7 Å². The van der Waals surface area contributed by atoms with Crippen LogP contribution in [0.2, 0.25) is 5.02 Å². The monoisotopic (exact) mass is 263 g/mol. The molecule has 0 N–H and O–H groups in total. The fourth-order valence-electron chi connectivity index (χ4n) is 1.91. The Morgan fingerprint density at radius 3 is 2.88 bits per heavy atom. The SMILES string of the molecule is Cc1cc2nn(C)nc2c(-c2cccs2)c1Cl. The number of nitrogens with zero attached hydrogens (tertiary/aromatic N) is 3. The van der Waals surface area contributed by atoms with E-state index in [2.05, 4.69) is 16.3 Å². The Morgan fingerprint density at radius 2 is 2.18 bits per heavy atom. The zero-order valence-electron chi connectivity index (χ0n) is 9.44. The van der Waals surface area contributed by atoms with Crippen molar-refractivity contribution in [3.63, 3.8) is 0 Å².